The van der Waals surface area contributed by atoms with Crippen molar-refractivity contribution in [1.82, 2.24) is 15.1 Å². The van der Waals surface area contributed by atoms with Crippen molar-refractivity contribution in [3.05, 3.63) is 16.4 Å². The van der Waals surface area contributed by atoms with Crippen LogP contribution in [0.2, 0.25) is 5.02 Å². The molecule has 1 aromatic heterocycles. The smallest absolute Gasteiger partial charge is 0.0860 e. The lowest BCUT2D eigenvalue weighted by molar-refractivity contribution is 0.254. The Balaban J connectivity index is 2.08. The van der Waals surface area contributed by atoms with Crippen LogP contribution in [0.15, 0.2) is 0 Å². The first kappa shape index (κ1) is 15.1. The van der Waals surface area contributed by atoms with E-state index in [1.807, 2.05) is 11.6 Å². The van der Waals surface area contributed by atoms with Gasteiger partial charge in [0.15, 0.2) is 0 Å². The summed E-state index contributed by atoms with van der Waals surface area (Å²) in [6, 6.07) is 0. The summed E-state index contributed by atoms with van der Waals surface area (Å²) in [6.45, 7) is 5.64. The zero-order valence-corrected chi connectivity index (χ0v) is 13.3. The molecule has 1 saturated carbocycles. The fourth-order valence-corrected chi connectivity index (χ4v) is 3.46. The van der Waals surface area contributed by atoms with E-state index < -0.39 is 0 Å². The second-order valence-electron chi connectivity index (χ2n) is 5.49. The van der Waals surface area contributed by atoms with Gasteiger partial charge in [-0.2, -0.15) is 5.10 Å². The molecule has 0 spiro atoms. The third-order valence-electron chi connectivity index (χ3n) is 4.15. The molecule has 0 amide bonds. The summed E-state index contributed by atoms with van der Waals surface area (Å²) in [7, 11) is 0. The Labute approximate surface area is 125 Å². The average molecular weight is 304 g/mol. The Morgan fingerprint density at radius 1 is 1.32 bits per heavy atom. The topological polar surface area (TPSA) is 29.9 Å². The highest BCUT2D eigenvalue weighted by Gasteiger charge is 2.31. The van der Waals surface area contributed by atoms with Crippen molar-refractivity contribution in [2.45, 2.75) is 64.6 Å². The molecule has 5 heteroatoms. The molecule has 0 atom stereocenters. The minimum atomic E-state index is 0.0832. The fraction of sp³-hybridized carbons (Fsp3) is 0.786. The van der Waals surface area contributed by atoms with Crippen LogP contribution in [0.5, 0.6) is 0 Å². The number of rotatable bonds is 5. The molecule has 0 unspecified atom stereocenters. The first-order valence-corrected chi connectivity index (χ1v) is 8.06. The molecule has 1 heterocycles. The van der Waals surface area contributed by atoms with E-state index in [9.17, 15) is 0 Å². The number of halogens is 2. The van der Waals surface area contributed by atoms with Gasteiger partial charge in [-0.3, -0.25) is 4.68 Å². The van der Waals surface area contributed by atoms with Gasteiger partial charge in [0, 0.05) is 24.5 Å². The molecule has 1 aromatic rings. The lowest BCUT2D eigenvalue weighted by Gasteiger charge is -2.36. The van der Waals surface area contributed by atoms with E-state index >= 15 is 0 Å². The fourth-order valence-electron chi connectivity index (χ4n) is 2.90. The molecule has 108 valence electrons. The highest BCUT2D eigenvalue weighted by atomic mass is 35.5. The van der Waals surface area contributed by atoms with Gasteiger partial charge < -0.3 is 5.32 Å². The second kappa shape index (κ2) is 6.47. The van der Waals surface area contributed by atoms with Crippen molar-refractivity contribution < 1.29 is 0 Å². The SMILES string of the molecule is CCn1nc(C)c(Cl)c1CNC1(CCl)CCCCC1. The summed E-state index contributed by atoms with van der Waals surface area (Å²) in [5.74, 6) is 0.670. The molecule has 0 aliphatic heterocycles. The van der Waals surface area contributed by atoms with E-state index in [-0.39, 0.29) is 5.54 Å². The van der Waals surface area contributed by atoms with Gasteiger partial charge in [-0.1, -0.05) is 30.9 Å². The van der Waals surface area contributed by atoms with Gasteiger partial charge in [-0.05, 0) is 26.7 Å². The van der Waals surface area contributed by atoms with E-state index in [4.69, 9.17) is 23.2 Å². The van der Waals surface area contributed by atoms with Crippen molar-refractivity contribution in [3.8, 4) is 0 Å². The number of hydrogen-bond donors (Lipinski definition) is 1. The van der Waals surface area contributed by atoms with Gasteiger partial charge >= 0.3 is 0 Å². The molecule has 19 heavy (non-hydrogen) atoms. The van der Waals surface area contributed by atoms with Crippen LogP contribution in [0.3, 0.4) is 0 Å². The maximum atomic E-state index is 6.34. The minimum Gasteiger partial charge on any atom is -0.304 e. The molecule has 2 rings (SSSR count). The predicted octanol–water partition coefficient (Wildman–Crippen LogP) is 3.90. The Bertz CT molecular complexity index is 423. The van der Waals surface area contributed by atoms with Crippen LogP contribution in [0.1, 0.15) is 50.4 Å². The molecule has 1 N–H and O–H groups in total. The van der Waals surface area contributed by atoms with E-state index in [0.717, 1.165) is 42.3 Å². The monoisotopic (exact) mass is 303 g/mol. The number of alkyl halides is 1. The first-order chi connectivity index (χ1) is 9.12. The molecular weight excluding hydrogens is 281 g/mol. The van der Waals surface area contributed by atoms with Crippen molar-refractivity contribution in [2.75, 3.05) is 5.88 Å². The second-order valence-corrected chi connectivity index (χ2v) is 6.14. The predicted molar refractivity (Wildman–Crippen MR) is 81.0 cm³/mol. The van der Waals surface area contributed by atoms with Crippen molar-refractivity contribution >= 4 is 23.2 Å². The zero-order valence-electron chi connectivity index (χ0n) is 11.8. The maximum Gasteiger partial charge on any atom is 0.0860 e. The number of nitrogens with zero attached hydrogens (tertiary/aromatic N) is 2. The van der Waals surface area contributed by atoms with Gasteiger partial charge in [0.2, 0.25) is 0 Å². The molecule has 1 fully saturated rings. The molecule has 1 aliphatic carbocycles. The highest BCUT2D eigenvalue weighted by molar-refractivity contribution is 6.31. The van der Waals surface area contributed by atoms with E-state index in [2.05, 4.69) is 17.3 Å². The van der Waals surface area contributed by atoms with Crippen molar-refractivity contribution in [3.63, 3.8) is 0 Å². The Kier molecular flexibility index (Phi) is 5.15. The van der Waals surface area contributed by atoms with Crippen molar-refractivity contribution in [1.29, 1.82) is 0 Å². The molecule has 0 saturated heterocycles. The molecular formula is C14H23Cl2N3. The Morgan fingerprint density at radius 3 is 2.58 bits per heavy atom. The Morgan fingerprint density at radius 2 is 2.00 bits per heavy atom. The van der Waals surface area contributed by atoms with Crippen LogP contribution in [-0.4, -0.2) is 21.2 Å². The number of hydrogen-bond acceptors (Lipinski definition) is 2. The molecule has 1 aliphatic rings. The largest absolute Gasteiger partial charge is 0.304 e. The first-order valence-electron chi connectivity index (χ1n) is 7.14. The van der Waals surface area contributed by atoms with Gasteiger partial charge in [-0.15, -0.1) is 11.6 Å². The summed E-state index contributed by atoms with van der Waals surface area (Å²) < 4.78 is 1.98. The van der Waals surface area contributed by atoms with Gasteiger partial charge in [0.1, 0.15) is 0 Å². The quantitative estimate of drug-likeness (QED) is 0.836. The maximum absolute atomic E-state index is 6.34. The van der Waals surface area contributed by atoms with Gasteiger partial charge in [-0.25, -0.2) is 0 Å². The number of nitrogens with one attached hydrogen (secondary N) is 1. The van der Waals surface area contributed by atoms with Crippen LogP contribution in [0, 0.1) is 6.92 Å². The Hall–Kier alpha value is -0.250. The standard InChI is InChI=1S/C14H23Cl2N3/c1-3-19-12(13(16)11(2)18-19)9-17-14(10-15)7-5-4-6-8-14/h17H,3-10H2,1-2H3. The van der Waals surface area contributed by atoms with Crippen LogP contribution < -0.4 is 5.32 Å². The lowest BCUT2D eigenvalue weighted by Crippen LogP contribution is -2.48. The van der Waals surface area contributed by atoms with E-state index in [0.29, 0.717) is 5.88 Å². The molecule has 0 bridgehead atoms. The van der Waals surface area contributed by atoms with Gasteiger partial charge in [0.05, 0.1) is 16.4 Å². The van der Waals surface area contributed by atoms with Crippen LogP contribution in [-0.2, 0) is 13.1 Å². The third kappa shape index (κ3) is 3.26. The number of aromatic nitrogens is 2. The zero-order chi connectivity index (χ0) is 13.9. The molecule has 0 radical (unpaired) electrons. The van der Waals surface area contributed by atoms with E-state index in [1.165, 1.54) is 19.3 Å². The average Bonchev–Trinajstić information content (AvgIpc) is 2.73. The van der Waals surface area contributed by atoms with Crippen LogP contribution >= 0.6 is 23.2 Å². The minimum absolute atomic E-state index is 0.0832. The highest BCUT2D eigenvalue weighted by Crippen LogP contribution is 2.30. The summed E-state index contributed by atoms with van der Waals surface area (Å²) >= 11 is 12.5. The summed E-state index contributed by atoms with van der Waals surface area (Å²) in [5, 5.41) is 8.89. The third-order valence-corrected chi connectivity index (χ3v) is 5.15. The van der Waals surface area contributed by atoms with Crippen LogP contribution in [0.4, 0.5) is 0 Å². The lowest BCUT2D eigenvalue weighted by atomic mass is 9.83. The van der Waals surface area contributed by atoms with Crippen molar-refractivity contribution in [2.24, 2.45) is 0 Å². The van der Waals surface area contributed by atoms with Gasteiger partial charge in [0.25, 0.3) is 0 Å². The normalized spacial score (nSPS) is 18.7. The summed E-state index contributed by atoms with van der Waals surface area (Å²) in [5.41, 5.74) is 2.07. The summed E-state index contributed by atoms with van der Waals surface area (Å²) in [4.78, 5) is 0. The summed E-state index contributed by atoms with van der Waals surface area (Å²) in [6.07, 6.45) is 6.17. The van der Waals surface area contributed by atoms with E-state index in [1.54, 1.807) is 0 Å². The van der Waals surface area contributed by atoms with Crippen LogP contribution in [0.25, 0.3) is 0 Å². The molecule has 0 aromatic carbocycles. The molecule has 3 nitrogen and oxygen atoms in total. The number of aryl methyl sites for hydroxylation is 2.